The number of aryl methyl sites for hydroxylation is 1. The monoisotopic (exact) mass is 291 g/mol. The van der Waals surface area contributed by atoms with Gasteiger partial charge in [0.1, 0.15) is 0 Å². The number of hydrogen-bond donors (Lipinski definition) is 1. The number of nitrogens with one attached hydrogen (secondary N) is 1. The molecule has 114 valence electrons. The van der Waals surface area contributed by atoms with Crippen LogP contribution in [0.25, 0.3) is 0 Å². The summed E-state index contributed by atoms with van der Waals surface area (Å²) in [7, 11) is 1.71. The molecule has 0 spiro atoms. The fourth-order valence-electron chi connectivity index (χ4n) is 2.54. The minimum atomic E-state index is -0.247. The molecule has 0 bridgehead atoms. The minimum absolute atomic E-state index is 0.0154. The Balaban J connectivity index is 1.76. The molecule has 0 radical (unpaired) electrons. The first-order chi connectivity index (χ1) is 9.99. The molecule has 2 heterocycles. The van der Waals surface area contributed by atoms with Gasteiger partial charge in [0.25, 0.3) is 5.56 Å². The predicted molar refractivity (Wildman–Crippen MR) is 78.8 cm³/mol. The van der Waals surface area contributed by atoms with E-state index in [0.29, 0.717) is 32.5 Å². The Morgan fingerprint density at radius 1 is 1.38 bits per heavy atom. The maximum absolute atomic E-state index is 11.9. The van der Waals surface area contributed by atoms with Gasteiger partial charge >= 0.3 is 0 Å². The normalized spacial score (nSPS) is 18.1. The van der Waals surface area contributed by atoms with E-state index in [1.54, 1.807) is 22.6 Å². The Morgan fingerprint density at radius 3 is 2.76 bits per heavy atom. The van der Waals surface area contributed by atoms with Crippen molar-refractivity contribution >= 4 is 11.8 Å². The first-order valence-corrected chi connectivity index (χ1v) is 7.17. The van der Waals surface area contributed by atoms with Gasteiger partial charge in [0.2, 0.25) is 11.8 Å². The van der Waals surface area contributed by atoms with Crippen molar-refractivity contribution < 1.29 is 9.59 Å². The van der Waals surface area contributed by atoms with Crippen molar-refractivity contribution in [1.82, 2.24) is 14.8 Å². The number of aromatic nitrogens is 1. The molecule has 1 aliphatic heterocycles. The second-order valence-corrected chi connectivity index (χ2v) is 5.48. The molecule has 6 heteroatoms. The third kappa shape index (κ3) is 3.71. The van der Waals surface area contributed by atoms with Crippen molar-refractivity contribution in [1.29, 1.82) is 0 Å². The zero-order valence-electron chi connectivity index (χ0n) is 12.5. The van der Waals surface area contributed by atoms with Gasteiger partial charge in [-0.3, -0.25) is 14.4 Å². The van der Waals surface area contributed by atoms with Crippen LogP contribution < -0.4 is 10.9 Å². The Bertz CT molecular complexity index is 594. The van der Waals surface area contributed by atoms with E-state index >= 15 is 0 Å². The molecule has 1 aromatic rings. The summed E-state index contributed by atoms with van der Waals surface area (Å²) in [5, 5.41) is 2.84. The van der Waals surface area contributed by atoms with Gasteiger partial charge < -0.3 is 14.8 Å². The van der Waals surface area contributed by atoms with Gasteiger partial charge in [-0.1, -0.05) is 6.07 Å². The molecule has 0 saturated carbocycles. The highest BCUT2D eigenvalue weighted by atomic mass is 16.2. The molecule has 0 aromatic carbocycles. The number of carbonyl (C=O) groups is 2. The Morgan fingerprint density at radius 2 is 2.14 bits per heavy atom. The number of pyridine rings is 1. The second kappa shape index (κ2) is 6.56. The zero-order chi connectivity index (χ0) is 15.4. The van der Waals surface area contributed by atoms with Gasteiger partial charge in [-0.15, -0.1) is 0 Å². The summed E-state index contributed by atoms with van der Waals surface area (Å²) in [5.74, 6) is -0.310. The quantitative estimate of drug-likeness (QED) is 0.785. The molecule has 21 heavy (non-hydrogen) atoms. The number of rotatable bonds is 5. The van der Waals surface area contributed by atoms with Gasteiger partial charge in [-0.2, -0.15) is 0 Å². The highest BCUT2D eigenvalue weighted by Crippen LogP contribution is 2.15. The van der Waals surface area contributed by atoms with E-state index in [9.17, 15) is 14.4 Å². The van der Waals surface area contributed by atoms with Gasteiger partial charge in [-0.25, -0.2) is 0 Å². The molecule has 1 aliphatic rings. The zero-order valence-corrected chi connectivity index (χ0v) is 12.5. The van der Waals surface area contributed by atoms with Crippen LogP contribution in [0.1, 0.15) is 18.5 Å². The summed E-state index contributed by atoms with van der Waals surface area (Å²) in [6.07, 6.45) is 0.979. The van der Waals surface area contributed by atoms with Gasteiger partial charge in [0, 0.05) is 44.9 Å². The number of likely N-dealkylation sites (tertiary alicyclic amines) is 1. The Hall–Kier alpha value is -2.11. The highest BCUT2D eigenvalue weighted by molar-refractivity contribution is 5.89. The molecule has 1 unspecified atom stereocenters. The lowest BCUT2D eigenvalue weighted by atomic mass is 10.1. The number of amides is 2. The number of hydrogen-bond acceptors (Lipinski definition) is 3. The van der Waals surface area contributed by atoms with Crippen molar-refractivity contribution in [2.75, 3.05) is 20.1 Å². The van der Waals surface area contributed by atoms with E-state index < -0.39 is 0 Å². The van der Waals surface area contributed by atoms with Crippen LogP contribution in [0.5, 0.6) is 0 Å². The minimum Gasteiger partial charge on any atom is -0.356 e. The highest BCUT2D eigenvalue weighted by Gasteiger charge is 2.31. The molecule has 1 fully saturated rings. The first kappa shape index (κ1) is 15.3. The van der Waals surface area contributed by atoms with Crippen LogP contribution in [-0.4, -0.2) is 41.4 Å². The standard InChI is InChI=1S/C15H21N3O3/c1-11-5-3-6-13(19)18(11)8-4-7-16-15(21)12-9-14(20)17(2)10-12/h3,5-6,12H,4,7-10H2,1-2H3,(H,16,21). The molecule has 2 rings (SSSR count). The molecule has 2 amide bonds. The van der Waals surface area contributed by atoms with Crippen molar-refractivity contribution in [3.63, 3.8) is 0 Å². The molecule has 0 aliphatic carbocycles. The maximum Gasteiger partial charge on any atom is 0.250 e. The lowest BCUT2D eigenvalue weighted by molar-refractivity contribution is -0.128. The summed E-state index contributed by atoms with van der Waals surface area (Å²) in [5.41, 5.74) is 0.890. The Kier molecular flexibility index (Phi) is 4.77. The fourth-order valence-corrected chi connectivity index (χ4v) is 2.54. The molecule has 1 saturated heterocycles. The SMILES string of the molecule is Cc1cccc(=O)n1CCCNC(=O)C1CC(=O)N(C)C1. The smallest absolute Gasteiger partial charge is 0.250 e. The van der Waals surface area contributed by atoms with Crippen LogP contribution in [0.4, 0.5) is 0 Å². The van der Waals surface area contributed by atoms with Gasteiger partial charge in [0.05, 0.1) is 5.92 Å². The van der Waals surface area contributed by atoms with Gasteiger partial charge in [-0.05, 0) is 19.4 Å². The van der Waals surface area contributed by atoms with E-state index in [-0.39, 0.29) is 23.3 Å². The molecule has 6 nitrogen and oxygen atoms in total. The van der Waals surface area contributed by atoms with Crippen LogP contribution in [0.15, 0.2) is 23.0 Å². The van der Waals surface area contributed by atoms with Crippen molar-refractivity contribution in [3.8, 4) is 0 Å². The van der Waals surface area contributed by atoms with Crippen LogP contribution in [0.2, 0.25) is 0 Å². The topological polar surface area (TPSA) is 71.4 Å². The van der Waals surface area contributed by atoms with E-state index in [0.717, 1.165) is 5.69 Å². The molecule has 1 atom stereocenters. The van der Waals surface area contributed by atoms with Crippen LogP contribution in [0.3, 0.4) is 0 Å². The summed E-state index contributed by atoms with van der Waals surface area (Å²) in [6.45, 7) is 3.46. The Labute approximate surface area is 123 Å². The third-order valence-corrected chi connectivity index (χ3v) is 3.84. The van der Waals surface area contributed by atoms with Crippen molar-refractivity contribution in [2.45, 2.75) is 26.3 Å². The lowest BCUT2D eigenvalue weighted by Crippen LogP contribution is -2.33. The van der Waals surface area contributed by atoms with E-state index in [2.05, 4.69) is 5.32 Å². The van der Waals surface area contributed by atoms with Crippen molar-refractivity contribution in [2.24, 2.45) is 5.92 Å². The fraction of sp³-hybridized carbons (Fsp3) is 0.533. The molecule has 1 aromatic heterocycles. The molecular weight excluding hydrogens is 270 g/mol. The largest absolute Gasteiger partial charge is 0.356 e. The average molecular weight is 291 g/mol. The summed E-state index contributed by atoms with van der Waals surface area (Å²) in [4.78, 5) is 36.6. The summed E-state index contributed by atoms with van der Waals surface area (Å²) < 4.78 is 1.69. The summed E-state index contributed by atoms with van der Waals surface area (Å²) in [6, 6.07) is 5.16. The second-order valence-electron chi connectivity index (χ2n) is 5.48. The van der Waals surface area contributed by atoms with Crippen molar-refractivity contribution in [3.05, 3.63) is 34.2 Å². The van der Waals surface area contributed by atoms with Crippen LogP contribution in [0, 0.1) is 12.8 Å². The van der Waals surface area contributed by atoms with Crippen LogP contribution in [-0.2, 0) is 16.1 Å². The number of nitrogens with zero attached hydrogens (tertiary/aromatic N) is 2. The van der Waals surface area contributed by atoms with Gasteiger partial charge in [0.15, 0.2) is 0 Å². The number of carbonyl (C=O) groups excluding carboxylic acids is 2. The van der Waals surface area contributed by atoms with E-state index in [1.165, 1.54) is 6.07 Å². The predicted octanol–water partition coefficient (Wildman–Crippen LogP) is 0.141. The maximum atomic E-state index is 11.9. The average Bonchev–Trinajstić information content (AvgIpc) is 2.77. The third-order valence-electron chi connectivity index (χ3n) is 3.84. The van der Waals surface area contributed by atoms with E-state index in [1.807, 2.05) is 13.0 Å². The molecular formula is C15H21N3O3. The lowest BCUT2D eigenvalue weighted by Gasteiger charge is -2.12. The van der Waals surface area contributed by atoms with E-state index in [4.69, 9.17) is 0 Å². The summed E-state index contributed by atoms with van der Waals surface area (Å²) >= 11 is 0. The first-order valence-electron chi connectivity index (χ1n) is 7.17. The van der Waals surface area contributed by atoms with Crippen LogP contribution >= 0.6 is 0 Å². The molecule has 1 N–H and O–H groups in total.